The molecule has 1 amide bonds. The van der Waals surface area contributed by atoms with Crippen LogP contribution in [0.15, 0.2) is 53.1 Å². The molecule has 0 aliphatic carbocycles. The summed E-state index contributed by atoms with van der Waals surface area (Å²) >= 11 is 0. The van der Waals surface area contributed by atoms with Crippen LogP contribution in [0.3, 0.4) is 0 Å². The molecule has 8 nitrogen and oxygen atoms in total. The summed E-state index contributed by atoms with van der Waals surface area (Å²) in [6.45, 7) is 5.64. The average molecular weight is 431 g/mol. The first-order chi connectivity index (χ1) is 15.6. The van der Waals surface area contributed by atoms with Gasteiger partial charge in [-0.15, -0.1) is 0 Å². The first-order valence-corrected chi connectivity index (χ1v) is 11.0. The first kappa shape index (κ1) is 20.4. The van der Waals surface area contributed by atoms with E-state index in [-0.39, 0.29) is 5.91 Å². The van der Waals surface area contributed by atoms with Crippen molar-refractivity contribution in [2.45, 2.75) is 26.3 Å². The molecule has 0 atom stereocenters. The number of aryl methyl sites for hydroxylation is 2. The van der Waals surface area contributed by atoms with E-state index in [4.69, 9.17) is 4.52 Å². The molecule has 5 rings (SSSR count). The van der Waals surface area contributed by atoms with Gasteiger partial charge in [0, 0.05) is 44.6 Å². The van der Waals surface area contributed by atoms with Crippen molar-refractivity contribution in [3.8, 4) is 11.4 Å². The molecular formula is C24H26N6O2. The summed E-state index contributed by atoms with van der Waals surface area (Å²) in [5, 5.41) is 4.11. The van der Waals surface area contributed by atoms with E-state index in [0.29, 0.717) is 44.2 Å². The number of carbonyl (C=O) groups is 1. The van der Waals surface area contributed by atoms with Gasteiger partial charge in [-0.1, -0.05) is 47.1 Å². The predicted molar refractivity (Wildman–Crippen MR) is 121 cm³/mol. The van der Waals surface area contributed by atoms with Gasteiger partial charge in [0.1, 0.15) is 5.82 Å². The van der Waals surface area contributed by atoms with E-state index in [1.165, 1.54) is 5.56 Å². The number of nitrogens with zero attached hydrogens (tertiary/aromatic N) is 5. The predicted octanol–water partition coefficient (Wildman–Crippen LogP) is 3.20. The summed E-state index contributed by atoms with van der Waals surface area (Å²) in [4.78, 5) is 29.2. The maximum Gasteiger partial charge on any atom is 0.241 e. The molecule has 1 N–H and O–H groups in total. The molecule has 2 aromatic carbocycles. The number of hydrogen-bond acceptors (Lipinski definition) is 6. The zero-order valence-electron chi connectivity index (χ0n) is 18.1. The van der Waals surface area contributed by atoms with Crippen molar-refractivity contribution < 1.29 is 9.32 Å². The summed E-state index contributed by atoms with van der Waals surface area (Å²) < 4.78 is 5.45. The Hall–Kier alpha value is -3.52. The number of benzene rings is 2. The van der Waals surface area contributed by atoms with Gasteiger partial charge < -0.3 is 14.4 Å². The second-order valence-corrected chi connectivity index (χ2v) is 8.24. The van der Waals surface area contributed by atoms with Crippen molar-refractivity contribution in [3.05, 3.63) is 65.8 Å². The van der Waals surface area contributed by atoms with Gasteiger partial charge >= 0.3 is 0 Å². The molecule has 1 aliphatic heterocycles. The Morgan fingerprint density at radius 2 is 1.81 bits per heavy atom. The number of hydrogen-bond donors (Lipinski definition) is 1. The van der Waals surface area contributed by atoms with Crippen LogP contribution in [0.5, 0.6) is 0 Å². The molecule has 1 aliphatic rings. The molecule has 1 saturated heterocycles. The minimum absolute atomic E-state index is 0.171. The molecule has 1 fully saturated rings. The van der Waals surface area contributed by atoms with Gasteiger partial charge in [-0.2, -0.15) is 4.98 Å². The number of H-pyrrole nitrogens is 1. The maximum atomic E-state index is 12.7. The van der Waals surface area contributed by atoms with E-state index in [2.05, 4.69) is 31.9 Å². The van der Waals surface area contributed by atoms with Gasteiger partial charge in [0.15, 0.2) is 0 Å². The average Bonchev–Trinajstić information content (AvgIpc) is 3.45. The monoisotopic (exact) mass is 430 g/mol. The van der Waals surface area contributed by atoms with Gasteiger partial charge in [0.2, 0.25) is 17.6 Å². The number of rotatable bonds is 6. The fourth-order valence-electron chi connectivity index (χ4n) is 3.99. The fraction of sp³-hybridized carbons (Fsp3) is 0.333. The molecule has 3 heterocycles. The van der Waals surface area contributed by atoms with Crippen molar-refractivity contribution in [1.29, 1.82) is 0 Å². The molecule has 8 heteroatoms. The molecule has 0 unspecified atom stereocenters. The van der Waals surface area contributed by atoms with E-state index in [0.717, 1.165) is 35.5 Å². The number of piperazine rings is 1. The quantitative estimate of drug-likeness (QED) is 0.505. The molecule has 0 radical (unpaired) electrons. The van der Waals surface area contributed by atoms with E-state index >= 15 is 0 Å². The smallest absolute Gasteiger partial charge is 0.241 e. The highest BCUT2D eigenvalue weighted by atomic mass is 16.5. The highest BCUT2D eigenvalue weighted by molar-refractivity contribution is 5.77. The minimum Gasteiger partial charge on any atom is -0.342 e. The SMILES string of the molecule is Cc1ccc(-c2noc(CN3CCN(C(=O)CCc4nc5ccccc5[nH]4)CC3)n2)cc1. The standard InChI is InChI=1S/C24H26N6O2/c1-17-6-8-18(9-7-17)24-27-22(32-28-24)16-29-12-14-30(15-13-29)23(31)11-10-21-25-19-4-2-3-5-20(19)26-21/h2-9H,10-16H2,1H3,(H,25,26). The number of amides is 1. The molecule has 32 heavy (non-hydrogen) atoms. The molecular weight excluding hydrogens is 404 g/mol. The van der Waals surface area contributed by atoms with Crippen molar-refractivity contribution in [1.82, 2.24) is 29.9 Å². The summed E-state index contributed by atoms with van der Waals surface area (Å²) in [5.41, 5.74) is 4.10. The van der Waals surface area contributed by atoms with Gasteiger partial charge in [0.25, 0.3) is 0 Å². The van der Waals surface area contributed by atoms with Crippen molar-refractivity contribution in [2.24, 2.45) is 0 Å². The molecule has 0 saturated carbocycles. The van der Waals surface area contributed by atoms with Gasteiger partial charge in [-0.3, -0.25) is 9.69 Å². The lowest BCUT2D eigenvalue weighted by atomic mass is 10.1. The van der Waals surface area contributed by atoms with Crippen molar-refractivity contribution >= 4 is 16.9 Å². The third kappa shape index (κ3) is 4.55. The molecule has 0 spiro atoms. The summed E-state index contributed by atoms with van der Waals surface area (Å²) in [6.07, 6.45) is 1.08. The molecule has 164 valence electrons. The highest BCUT2D eigenvalue weighted by Crippen LogP contribution is 2.18. The van der Waals surface area contributed by atoms with Crippen LogP contribution >= 0.6 is 0 Å². The van der Waals surface area contributed by atoms with Crippen LogP contribution in [0.4, 0.5) is 0 Å². The number of fused-ring (bicyclic) bond motifs is 1. The van der Waals surface area contributed by atoms with Crippen LogP contribution in [0, 0.1) is 6.92 Å². The van der Waals surface area contributed by atoms with Gasteiger partial charge in [0.05, 0.1) is 17.6 Å². The van der Waals surface area contributed by atoms with E-state index in [1.54, 1.807) is 0 Å². The van der Waals surface area contributed by atoms with E-state index in [9.17, 15) is 4.79 Å². The lowest BCUT2D eigenvalue weighted by molar-refractivity contribution is -0.133. The normalized spacial score (nSPS) is 14.8. The topological polar surface area (TPSA) is 91.2 Å². The minimum atomic E-state index is 0.171. The Bertz CT molecular complexity index is 1170. The Morgan fingerprint density at radius 1 is 1.03 bits per heavy atom. The number of imidazole rings is 1. The first-order valence-electron chi connectivity index (χ1n) is 11.0. The number of aromatic nitrogens is 4. The summed E-state index contributed by atoms with van der Waals surface area (Å²) in [5.74, 6) is 2.24. The van der Waals surface area contributed by atoms with Crippen LogP contribution in [0.1, 0.15) is 23.7 Å². The number of para-hydroxylation sites is 2. The maximum absolute atomic E-state index is 12.7. The number of carbonyl (C=O) groups excluding carboxylic acids is 1. The largest absolute Gasteiger partial charge is 0.342 e. The Kier molecular flexibility index (Phi) is 5.68. The van der Waals surface area contributed by atoms with Crippen LogP contribution in [-0.4, -0.2) is 62.0 Å². The zero-order chi connectivity index (χ0) is 21.9. The zero-order valence-corrected chi connectivity index (χ0v) is 18.1. The Labute approximate surface area is 186 Å². The van der Waals surface area contributed by atoms with E-state index in [1.807, 2.05) is 53.4 Å². The van der Waals surface area contributed by atoms with Crippen LogP contribution in [-0.2, 0) is 17.8 Å². The summed E-state index contributed by atoms with van der Waals surface area (Å²) in [7, 11) is 0. The second-order valence-electron chi connectivity index (χ2n) is 8.24. The lowest BCUT2D eigenvalue weighted by Gasteiger charge is -2.34. The van der Waals surface area contributed by atoms with E-state index < -0.39 is 0 Å². The molecule has 2 aromatic heterocycles. The van der Waals surface area contributed by atoms with Gasteiger partial charge in [-0.05, 0) is 19.1 Å². The van der Waals surface area contributed by atoms with Crippen molar-refractivity contribution in [3.63, 3.8) is 0 Å². The van der Waals surface area contributed by atoms with Crippen molar-refractivity contribution in [2.75, 3.05) is 26.2 Å². The molecule has 0 bridgehead atoms. The van der Waals surface area contributed by atoms with Gasteiger partial charge in [-0.25, -0.2) is 4.98 Å². The third-order valence-corrected chi connectivity index (χ3v) is 5.88. The fourth-order valence-corrected chi connectivity index (χ4v) is 3.99. The van der Waals surface area contributed by atoms with Crippen LogP contribution in [0.25, 0.3) is 22.4 Å². The lowest BCUT2D eigenvalue weighted by Crippen LogP contribution is -2.48. The Morgan fingerprint density at radius 3 is 2.59 bits per heavy atom. The number of aromatic amines is 1. The number of nitrogens with one attached hydrogen (secondary N) is 1. The third-order valence-electron chi connectivity index (χ3n) is 5.88. The Balaban J connectivity index is 1.10. The van der Waals surface area contributed by atoms with Crippen LogP contribution < -0.4 is 0 Å². The summed E-state index contributed by atoms with van der Waals surface area (Å²) in [6, 6.07) is 16.0. The highest BCUT2D eigenvalue weighted by Gasteiger charge is 2.22. The molecule has 4 aromatic rings. The van der Waals surface area contributed by atoms with Crippen LogP contribution in [0.2, 0.25) is 0 Å². The second kappa shape index (κ2) is 8.92.